The topological polar surface area (TPSA) is 84.5 Å². The maximum Gasteiger partial charge on any atom is 0.331 e. The first-order chi connectivity index (χ1) is 12.5. The Labute approximate surface area is 157 Å². The quantitative estimate of drug-likeness (QED) is 0.488. The number of nitrogens with zero attached hydrogens (tertiary/aromatic N) is 3. The van der Waals surface area contributed by atoms with E-state index in [1.54, 1.807) is 48.7 Å². The number of pyridine rings is 1. The van der Waals surface area contributed by atoms with Crippen LogP contribution in [-0.4, -0.2) is 15.4 Å². The minimum atomic E-state index is -0.549. The number of halogens is 1. The highest BCUT2D eigenvalue weighted by atomic mass is 79.9. The van der Waals surface area contributed by atoms with Gasteiger partial charge in [-0.05, 0) is 51.8 Å². The Bertz CT molecular complexity index is 1100. The van der Waals surface area contributed by atoms with Gasteiger partial charge in [0.15, 0.2) is 0 Å². The maximum atomic E-state index is 12.1. The Morgan fingerprint density at radius 1 is 1.27 bits per heavy atom. The van der Waals surface area contributed by atoms with Crippen LogP contribution in [0, 0.1) is 11.3 Å². The first-order valence-corrected chi connectivity index (χ1v) is 8.37. The van der Waals surface area contributed by atoms with Gasteiger partial charge in [-0.1, -0.05) is 12.1 Å². The van der Waals surface area contributed by atoms with Crippen molar-refractivity contribution in [2.24, 2.45) is 0 Å². The van der Waals surface area contributed by atoms with Gasteiger partial charge < -0.3 is 4.74 Å². The fourth-order valence-electron chi connectivity index (χ4n) is 2.23. The van der Waals surface area contributed by atoms with E-state index in [2.05, 4.69) is 20.9 Å². The zero-order valence-corrected chi connectivity index (χ0v) is 15.0. The van der Waals surface area contributed by atoms with Crippen LogP contribution in [0.25, 0.3) is 11.7 Å². The molecular weight excluding hydrogens is 398 g/mol. The molecule has 2 heterocycles. The van der Waals surface area contributed by atoms with Crippen molar-refractivity contribution in [1.82, 2.24) is 9.38 Å². The number of carbonyl (C=O) groups excluding carboxylic acids is 1. The van der Waals surface area contributed by atoms with E-state index in [9.17, 15) is 9.59 Å². The number of fused-ring (bicyclic) bond motifs is 1. The zero-order chi connectivity index (χ0) is 18.5. The summed E-state index contributed by atoms with van der Waals surface area (Å²) in [7, 11) is 0. The molecule has 0 aliphatic heterocycles. The maximum absolute atomic E-state index is 12.1. The highest BCUT2D eigenvalue weighted by Crippen LogP contribution is 2.10. The third-order valence-corrected chi connectivity index (χ3v) is 3.96. The Morgan fingerprint density at radius 2 is 2.04 bits per heavy atom. The smallest absolute Gasteiger partial charge is 0.331 e. The van der Waals surface area contributed by atoms with Crippen LogP contribution in [0.5, 0.6) is 0 Å². The van der Waals surface area contributed by atoms with Crippen molar-refractivity contribution < 1.29 is 9.53 Å². The summed E-state index contributed by atoms with van der Waals surface area (Å²) in [6.45, 7) is -0.0989. The highest BCUT2D eigenvalue weighted by molar-refractivity contribution is 9.10. The number of nitriles is 1. The van der Waals surface area contributed by atoms with Crippen molar-refractivity contribution in [1.29, 1.82) is 5.26 Å². The third kappa shape index (κ3) is 4.23. The summed E-state index contributed by atoms with van der Waals surface area (Å²) < 4.78 is 7.29. The lowest BCUT2D eigenvalue weighted by atomic mass is 10.1. The Hall–Kier alpha value is -3.24. The molecule has 0 aliphatic carbocycles. The summed E-state index contributed by atoms with van der Waals surface area (Å²) >= 11 is 3.30. The Kier molecular flexibility index (Phi) is 5.25. The third-order valence-electron chi connectivity index (χ3n) is 3.49. The fraction of sp³-hybridized carbons (Fsp3) is 0.0526. The second-order valence-corrected chi connectivity index (χ2v) is 6.25. The van der Waals surface area contributed by atoms with E-state index in [4.69, 9.17) is 10.00 Å². The lowest BCUT2D eigenvalue weighted by molar-refractivity contribution is -0.139. The molecule has 0 fully saturated rings. The number of rotatable bonds is 4. The van der Waals surface area contributed by atoms with Crippen molar-refractivity contribution in [3.63, 3.8) is 0 Å². The SMILES string of the molecule is N#Cc1ccc(/C=C/C(=O)OCc2cc(=O)n3cc(Br)ccc3n2)cc1. The number of benzene rings is 1. The number of hydrogen-bond donors (Lipinski definition) is 0. The molecule has 2 aromatic heterocycles. The molecule has 0 aliphatic rings. The molecule has 0 unspecified atom stereocenters. The van der Waals surface area contributed by atoms with E-state index in [1.165, 1.54) is 16.5 Å². The highest BCUT2D eigenvalue weighted by Gasteiger charge is 2.05. The van der Waals surface area contributed by atoms with E-state index in [0.29, 0.717) is 16.9 Å². The van der Waals surface area contributed by atoms with Crippen LogP contribution in [0.4, 0.5) is 0 Å². The van der Waals surface area contributed by atoms with Gasteiger partial charge in [0.05, 0.1) is 17.3 Å². The van der Waals surface area contributed by atoms with Crippen LogP contribution < -0.4 is 5.56 Å². The second-order valence-electron chi connectivity index (χ2n) is 5.34. The van der Waals surface area contributed by atoms with Gasteiger partial charge in [-0.3, -0.25) is 9.20 Å². The van der Waals surface area contributed by atoms with Crippen molar-refractivity contribution in [3.8, 4) is 6.07 Å². The molecule has 0 saturated carbocycles. The Balaban J connectivity index is 1.66. The van der Waals surface area contributed by atoms with Crippen molar-refractivity contribution in [3.05, 3.63) is 86.4 Å². The molecule has 6 nitrogen and oxygen atoms in total. The summed E-state index contributed by atoms with van der Waals surface area (Å²) in [5.41, 5.74) is 1.91. The van der Waals surface area contributed by atoms with Crippen LogP contribution >= 0.6 is 15.9 Å². The molecule has 0 saturated heterocycles. The lowest BCUT2D eigenvalue weighted by Gasteiger charge is -2.05. The van der Waals surface area contributed by atoms with Crippen LogP contribution in [0.2, 0.25) is 0 Å². The van der Waals surface area contributed by atoms with Crippen molar-refractivity contribution in [2.75, 3.05) is 0 Å². The lowest BCUT2D eigenvalue weighted by Crippen LogP contribution is -2.16. The fourth-order valence-corrected chi connectivity index (χ4v) is 2.56. The Morgan fingerprint density at radius 3 is 2.77 bits per heavy atom. The van der Waals surface area contributed by atoms with Crippen molar-refractivity contribution in [2.45, 2.75) is 6.61 Å². The minimum absolute atomic E-state index is 0.0989. The van der Waals surface area contributed by atoms with Crippen LogP contribution in [0.3, 0.4) is 0 Å². The average Bonchev–Trinajstić information content (AvgIpc) is 2.65. The molecule has 128 valence electrons. The van der Waals surface area contributed by atoms with Crippen LogP contribution in [0.1, 0.15) is 16.8 Å². The summed E-state index contributed by atoms with van der Waals surface area (Å²) in [6.07, 6.45) is 4.50. The van der Waals surface area contributed by atoms with E-state index < -0.39 is 5.97 Å². The summed E-state index contributed by atoms with van der Waals surface area (Å²) in [6, 6.07) is 13.6. The molecule has 0 amide bonds. The monoisotopic (exact) mass is 409 g/mol. The molecule has 3 rings (SSSR count). The van der Waals surface area contributed by atoms with Gasteiger partial charge in [0.25, 0.3) is 5.56 Å². The summed E-state index contributed by atoms with van der Waals surface area (Å²) in [5, 5.41) is 8.75. The average molecular weight is 410 g/mol. The van der Waals surface area contributed by atoms with Gasteiger partial charge in [-0.15, -0.1) is 0 Å². The molecule has 0 N–H and O–H groups in total. The van der Waals surface area contributed by atoms with Gasteiger partial charge in [-0.25, -0.2) is 9.78 Å². The molecular formula is C19H12BrN3O3. The molecule has 0 spiro atoms. The number of carbonyl (C=O) groups is 1. The predicted octanol–water partition coefficient (Wildman–Crippen LogP) is 3.09. The van der Waals surface area contributed by atoms with Gasteiger partial charge in [-0.2, -0.15) is 5.26 Å². The van der Waals surface area contributed by atoms with E-state index in [0.717, 1.165) is 10.0 Å². The molecule has 7 heteroatoms. The van der Waals surface area contributed by atoms with Gasteiger partial charge >= 0.3 is 5.97 Å². The summed E-state index contributed by atoms with van der Waals surface area (Å²) in [4.78, 5) is 28.2. The number of esters is 1. The minimum Gasteiger partial charge on any atom is -0.456 e. The molecule has 3 aromatic rings. The van der Waals surface area contributed by atoms with Gasteiger partial charge in [0.2, 0.25) is 0 Å². The molecule has 0 atom stereocenters. The largest absolute Gasteiger partial charge is 0.456 e. The second kappa shape index (κ2) is 7.76. The standard InChI is InChI=1S/C19H12BrN3O3/c20-15-6-7-17-22-16(9-18(24)23(17)11-15)12-26-19(25)8-5-13-1-3-14(10-21)4-2-13/h1-9,11H,12H2/b8-5+. The van der Waals surface area contributed by atoms with E-state index in [1.807, 2.05) is 6.07 Å². The van der Waals surface area contributed by atoms with Gasteiger partial charge in [0, 0.05) is 22.8 Å². The van der Waals surface area contributed by atoms with Crippen molar-refractivity contribution >= 4 is 33.6 Å². The first-order valence-electron chi connectivity index (χ1n) is 7.58. The molecule has 0 radical (unpaired) electrons. The first kappa shape index (κ1) is 17.6. The molecule has 26 heavy (non-hydrogen) atoms. The van der Waals surface area contributed by atoms with E-state index in [-0.39, 0.29) is 12.2 Å². The van der Waals surface area contributed by atoms with Gasteiger partial charge in [0.1, 0.15) is 12.3 Å². The molecule has 1 aromatic carbocycles. The predicted molar refractivity (Wildman–Crippen MR) is 99.1 cm³/mol. The number of hydrogen-bond acceptors (Lipinski definition) is 5. The van der Waals surface area contributed by atoms with Crippen LogP contribution in [-0.2, 0) is 16.1 Å². The summed E-state index contributed by atoms with van der Waals surface area (Å²) in [5.74, 6) is -0.549. The molecule has 0 bridgehead atoms. The van der Waals surface area contributed by atoms with E-state index >= 15 is 0 Å². The number of ether oxygens (including phenoxy) is 1. The van der Waals surface area contributed by atoms with Crippen LogP contribution in [0.15, 0.2) is 64.0 Å². The normalized spacial score (nSPS) is 10.8. The zero-order valence-electron chi connectivity index (χ0n) is 13.4. The number of aromatic nitrogens is 2.